The van der Waals surface area contributed by atoms with Crippen LogP contribution in [0.2, 0.25) is 10.0 Å². The summed E-state index contributed by atoms with van der Waals surface area (Å²) in [4.78, 5) is 30.6. The molecule has 0 aliphatic carbocycles. The number of amides is 2. The van der Waals surface area contributed by atoms with Crippen LogP contribution in [0.15, 0.2) is 66.9 Å². The van der Waals surface area contributed by atoms with Gasteiger partial charge >= 0.3 is 0 Å². The predicted octanol–water partition coefficient (Wildman–Crippen LogP) is 5.95. The molecular weight excluding hydrogens is 611 g/mol. The summed E-state index contributed by atoms with van der Waals surface area (Å²) in [5.41, 5.74) is 4.32. The fraction of sp³-hybridized carbons (Fsp3) is 0.371. The molecule has 2 heterocycles. The van der Waals surface area contributed by atoms with Crippen molar-refractivity contribution in [1.29, 1.82) is 0 Å². The van der Waals surface area contributed by atoms with Crippen LogP contribution in [0.4, 0.5) is 5.69 Å². The van der Waals surface area contributed by atoms with Gasteiger partial charge in [0, 0.05) is 61.0 Å². The maximum Gasteiger partial charge on any atom is 0.228 e. The van der Waals surface area contributed by atoms with Crippen molar-refractivity contribution in [2.75, 3.05) is 32.1 Å². The van der Waals surface area contributed by atoms with Crippen LogP contribution in [-0.4, -0.2) is 70.2 Å². The quantitative estimate of drug-likeness (QED) is 0.234. The van der Waals surface area contributed by atoms with E-state index in [1.807, 2.05) is 86.4 Å². The van der Waals surface area contributed by atoms with Crippen molar-refractivity contribution >= 4 is 51.6 Å². The van der Waals surface area contributed by atoms with Crippen LogP contribution < -0.4 is 10.1 Å². The Bertz CT molecular complexity index is 1690. The number of hydrogen-bond donors (Lipinski definition) is 2. The molecule has 5 rings (SSSR count). The molecule has 0 unspecified atom stereocenters. The minimum atomic E-state index is -0.348. The number of rotatable bonds is 9. The number of fused-ring (bicyclic) bond motifs is 2. The average molecular weight is 652 g/mol. The molecule has 8 nitrogen and oxygen atoms in total. The summed E-state index contributed by atoms with van der Waals surface area (Å²) in [6.07, 6.45) is 2.03. The summed E-state index contributed by atoms with van der Waals surface area (Å²) < 4.78 is 8.67. The summed E-state index contributed by atoms with van der Waals surface area (Å²) in [6.45, 7) is 5.43. The number of aryl methyl sites for hydroxylation is 1. The Morgan fingerprint density at radius 3 is 2.67 bits per heavy atom. The van der Waals surface area contributed by atoms with Gasteiger partial charge in [0.1, 0.15) is 11.9 Å². The number of aliphatic hydroxyl groups is 1. The first-order chi connectivity index (χ1) is 21.5. The maximum atomic E-state index is 13.6. The summed E-state index contributed by atoms with van der Waals surface area (Å²) >= 11 is 12.4. The smallest absolute Gasteiger partial charge is 0.228 e. The zero-order chi connectivity index (χ0) is 32.2. The summed E-state index contributed by atoms with van der Waals surface area (Å²) in [7, 11) is 3.98. The van der Waals surface area contributed by atoms with Gasteiger partial charge in [-0.2, -0.15) is 0 Å². The Morgan fingerprint density at radius 2 is 1.91 bits per heavy atom. The number of ether oxygens (including phenoxy) is 1. The first-order valence-corrected chi connectivity index (χ1v) is 15.9. The Hall–Kier alpha value is -3.56. The minimum Gasteiger partial charge on any atom is -0.488 e. The third-order valence-corrected chi connectivity index (χ3v) is 9.20. The number of halogens is 2. The molecule has 1 aliphatic rings. The van der Waals surface area contributed by atoms with Gasteiger partial charge in [0.2, 0.25) is 11.8 Å². The lowest BCUT2D eigenvalue weighted by atomic mass is 10.0. The second-order valence-electron chi connectivity index (χ2n) is 12.2. The molecule has 4 aromatic rings. The van der Waals surface area contributed by atoms with Gasteiger partial charge in [-0.15, -0.1) is 0 Å². The van der Waals surface area contributed by atoms with Gasteiger partial charge in [-0.05, 0) is 61.5 Å². The van der Waals surface area contributed by atoms with Crippen LogP contribution in [0.25, 0.3) is 10.9 Å². The van der Waals surface area contributed by atoms with Gasteiger partial charge in [-0.1, -0.05) is 54.4 Å². The Morgan fingerprint density at radius 1 is 1.13 bits per heavy atom. The van der Waals surface area contributed by atoms with Crippen molar-refractivity contribution < 1.29 is 19.4 Å². The van der Waals surface area contributed by atoms with Gasteiger partial charge in [-0.3, -0.25) is 14.5 Å². The molecule has 1 aromatic heterocycles. The van der Waals surface area contributed by atoms with E-state index in [4.69, 9.17) is 27.9 Å². The maximum absolute atomic E-state index is 13.6. The molecular formula is C35H40Cl2N4O4. The third-order valence-electron chi connectivity index (χ3n) is 8.46. The van der Waals surface area contributed by atoms with Crippen molar-refractivity contribution in [1.82, 2.24) is 14.4 Å². The Kier molecular flexibility index (Phi) is 10.4. The van der Waals surface area contributed by atoms with E-state index in [0.29, 0.717) is 46.7 Å². The number of carbonyl (C=O) groups excluding carboxylic acids is 2. The molecule has 0 saturated carbocycles. The predicted molar refractivity (Wildman–Crippen MR) is 180 cm³/mol. The van der Waals surface area contributed by atoms with Gasteiger partial charge in [0.25, 0.3) is 0 Å². The van der Waals surface area contributed by atoms with Crippen molar-refractivity contribution in [2.24, 2.45) is 13.0 Å². The number of nitrogens with zero attached hydrogens (tertiary/aromatic N) is 3. The highest BCUT2D eigenvalue weighted by Gasteiger charge is 2.31. The van der Waals surface area contributed by atoms with Crippen molar-refractivity contribution in [2.45, 2.75) is 45.4 Å². The number of nitrogens with one attached hydrogen (secondary N) is 1. The van der Waals surface area contributed by atoms with E-state index in [9.17, 15) is 14.7 Å². The lowest BCUT2D eigenvalue weighted by Crippen LogP contribution is -2.47. The van der Waals surface area contributed by atoms with Gasteiger partial charge in [0.05, 0.1) is 35.5 Å². The molecule has 10 heteroatoms. The highest BCUT2D eigenvalue weighted by atomic mass is 35.5. The number of para-hydroxylation sites is 1. The van der Waals surface area contributed by atoms with Crippen LogP contribution in [0, 0.1) is 5.92 Å². The summed E-state index contributed by atoms with van der Waals surface area (Å²) in [6, 6.07) is 18.7. The van der Waals surface area contributed by atoms with Crippen LogP contribution in [0.3, 0.4) is 0 Å². The first kappa shape index (κ1) is 32.8. The van der Waals surface area contributed by atoms with Gasteiger partial charge < -0.3 is 24.6 Å². The molecule has 0 radical (unpaired) electrons. The monoisotopic (exact) mass is 650 g/mol. The van der Waals surface area contributed by atoms with E-state index in [1.54, 1.807) is 11.0 Å². The molecule has 0 fully saturated rings. The normalized spacial score (nSPS) is 17.8. The van der Waals surface area contributed by atoms with E-state index in [1.165, 1.54) is 0 Å². The van der Waals surface area contributed by atoms with E-state index in [-0.39, 0.29) is 49.3 Å². The zero-order valence-electron chi connectivity index (χ0n) is 26.1. The molecule has 2 N–H and O–H groups in total. The lowest BCUT2D eigenvalue weighted by Gasteiger charge is -2.34. The highest BCUT2D eigenvalue weighted by molar-refractivity contribution is 6.42. The van der Waals surface area contributed by atoms with Crippen molar-refractivity contribution in [3.05, 3.63) is 93.6 Å². The standard InChI is InChI=1S/C35H40Cl2N4O4/c1-22-17-41(23(2)21-42)35(44)16-25-14-27(38-34(43)15-26-19-40(4)31-8-6-5-7-28(26)31)10-12-32(25)45-33(22)20-39(3)18-24-9-11-29(36)30(37)13-24/h5-14,19,22-23,33,42H,15-18,20-21H2,1-4H3,(H,38,43)/t22-,23+,33+/m1/s1. The topological polar surface area (TPSA) is 87.0 Å². The zero-order valence-corrected chi connectivity index (χ0v) is 27.6. The largest absolute Gasteiger partial charge is 0.488 e. The van der Waals surface area contributed by atoms with Crippen LogP contribution in [0.5, 0.6) is 5.75 Å². The number of likely N-dealkylation sites (N-methyl/N-ethyl adjacent to an activating group) is 1. The van der Waals surface area contributed by atoms with Gasteiger partial charge in [0.15, 0.2) is 0 Å². The summed E-state index contributed by atoms with van der Waals surface area (Å²) in [5, 5.41) is 15.1. The molecule has 0 saturated heterocycles. The van der Waals surface area contributed by atoms with Crippen molar-refractivity contribution in [3.63, 3.8) is 0 Å². The Balaban J connectivity index is 1.37. The number of aromatic nitrogens is 1. The molecule has 45 heavy (non-hydrogen) atoms. The molecule has 0 bridgehead atoms. The second kappa shape index (κ2) is 14.3. The number of aliphatic hydroxyl groups excluding tert-OH is 1. The number of benzene rings is 3. The SMILES string of the molecule is C[C@@H]1CN([C@@H](C)CO)C(=O)Cc2cc(NC(=O)Cc3cn(C)c4ccccc34)ccc2O[C@H]1CN(C)Cc1ccc(Cl)c(Cl)c1. The molecule has 3 aromatic carbocycles. The number of hydrogen-bond acceptors (Lipinski definition) is 5. The molecule has 0 spiro atoms. The fourth-order valence-electron chi connectivity index (χ4n) is 5.99. The van der Waals surface area contributed by atoms with Crippen LogP contribution >= 0.6 is 23.2 Å². The Labute approximate surface area is 274 Å². The third kappa shape index (κ3) is 7.82. The first-order valence-electron chi connectivity index (χ1n) is 15.2. The van der Waals surface area contributed by atoms with E-state index in [0.717, 1.165) is 22.0 Å². The number of carbonyl (C=O) groups is 2. The molecule has 2 amide bonds. The average Bonchev–Trinajstić information content (AvgIpc) is 3.33. The summed E-state index contributed by atoms with van der Waals surface area (Å²) in [5.74, 6) is 0.323. The van der Waals surface area contributed by atoms with Crippen LogP contribution in [0.1, 0.15) is 30.5 Å². The molecule has 238 valence electrons. The van der Waals surface area contributed by atoms with Crippen molar-refractivity contribution in [3.8, 4) is 5.75 Å². The minimum absolute atomic E-state index is 0.0368. The second-order valence-corrected chi connectivity index (χ2v) is 13.0. The van der Waals surface area contributed by atoms with E-state index < -0.39 is 0 Å². The van der Waals surface area contributed by atoms with Gasteiger partial charge in [-0.25, -0.2) is 0 Å². The molecule has 3 atom stereocenters. The van der Waals surface area contributed by atoms with E-state index in [2.05, 4.69) is 17.1 Å². The fourth-order valence-corrected chi connectivity index (χ4v) is 6.31. The lowest BCUT2D eigenvalue weighted by molar-refractivity contribution is -0.134. The highest BCUT2D eigenvalue weighted by Crippen LogP contribution is 2.30. The molecule has 1 aliphatic heterocycles. The van der Waals surface area contributed by atoms with Crippen LogP contribution in [-0.2, 0) is 36.0 Å². The number of anilines is 1. The van der Waals surface area contributed by atoms with E-state index >= 15 is 0 Å².